The zero-order valence-electron chi connectivity index (χ0n) is 19.6. The molecule has 0 aromatic carbocycles. The molecule has 3 saturated carbocycles. The summed E-state index contributed by atoms with van der Waals surface area (Å²) in [6.45, 7) is 9.68. The van der Waals surface area contributed by atoms with Crippen LogP contribution in [0.25, 0.3) is 0 Å². The minimum Gasteiger partial charge on any atom is -0.461 e. The van der Waals surface area contributed by atoms with Crippen LogP contribution in [0.3, 0.4) is 0 Å². The number of carbonyl (C=O) groups excluding carboxylic acids is 1. The Morgan fingerprint density at radius 1 is 1.27 bits per heavy atom. The molecule has 6 heteroatoms. The third-order valence-electron chi connectivity index (χ3n) is 9.05. The molecule has 0 heterocycles. The van der Waals surface area contributed by atoms with Gasteiger partial charge in [-0.3, -0.25) is 0 Å². The van der Waals surface area contributed by atoms with Crippen LogP contribution in [-0.2, 0) is 9.53 Å². The summed E-state index contributed by atoms with van der Waals surface area (Å²) >= 11 is 0. The fourth-order valence-electron chi connectivity index (χ4n) is 7.04. The van der Waals surface area contributed by atoms with E-state index in [2.05, 4.69) is 27.7 Å². The number of esters is 1. The molecule has 3 fully saturated rings. The highest BCUT2D eigenvalue weighted by Crippen LogP contribution is 2.73. The number of rotatable bonds is 4. The fraction of sp³-hybridized carbons (Fsp3) is 0.875. The van der Waals surface area contributed by atoms with Crippen LogP contribution in [0.2, 0.25) is 5.31 Å². The van der Waals surface area contributed by atoms with Crippen LogP contribution in [0.15, 0.2) is 11.6 Å². The number of nitrogens with zero attached hydrogens (tertiary/aromatic N) is 1. The first-order valence-corrected chi connectivity index (χ1v) is 11.5. The molecule has 0 aliphatic heterocycles. The molecule has 30 heavy (non-hydrogen) atoms. The first kappa shape index (κ1) is 23.8. The largest absolute Gasteiger partial charge is 0.461 e. The topological polar surface area (TPSA) is 70.0 Å². The van der Waals surface area contributed by atoms with E-state index in [9.17, 15) is 15.0 Å². The Kier molecular flexibility index (Phi) is 6.55. The molecule has 3 aliphatic rings. The van der Waals surface area contributed by atoms with E-state index in [-0.39, 0.29) is 40.7 Å². The summed E-state index contributed by atoms with van der Waals surface area (Å²) in [7, 11) is 11.1. The average molecular weight is 417 g/mol. The molecule has 168 valence electrons. The lowest BCUT2D eigenvalue weighted by molar-refractivity contribution is -0.183. The van der Waals surface area contributed by atoms with Gasteiger partial charge in [-0.15, -0.1) is 0 Å². The second-order valence-corrected chi connectivity index (χ2v) is 11.2. The molecule has 3 aliphatic carbocycles. The summed E-state index contributed by atoms with van der Waals surface area (Å²) in [4.78, 5) is 14.3. The Morgan fingerprint density at radius 2 is 1.93 bits per heavy atom. The predicted molar refractivity (Wildman–Crippen MR) is 119 cm³/mol. The van der Waals surface area contributed by atoms with E-state index in [1.165, 1.54) is 0 Å². The maximum atomic E-state index is 12.3. The molecular weight excluding hydrogens is 377 g/mol. The van der Waals surface area contributed by atoms with E-state index in [1.807, 2.05) is 19.0 Å². The van der Waals surface area contributed by atoms with Gasteiger partial charge in [0.05, 0.1) is 20.1 Å². The first-order chi connectivity index (χ1) is 13.8. The van der Waals surface area contributed by atoms with Crippen molar-refractivity contribution >= 4 is 13.8 Å². The Bertz CT molecular complexity index is 693. The van der Waals surface area contributed by atoms with Gasteiger partial charge in [0.1, 0.15) is 6.61 Å². The van der Waals surface area contributed by atoms with Gasteiger partial charge in [-0.25, -0.2) is 4.79 Å². The predicted octanol–water partition coefficient (Wildman–Crippen LogP) is 2.96. The second-order valence-electron chi connectivity index (χ2n) is 11.2. The van der Waals surface area contributed by atoms with E-state index < -0.39 is 11.4 Å². The maximum Gasteiger partial charge on any atom is 0.330 e. The van der Waals surface area contributed by atoms with Gasteiger partial charge in [0.15, 0.2) is 0 Å². The van der Waals surface area contributed by atoms with Crippen LogP contribution >= 0.6 is 0 Å². The smallest absolute Gasteiger partial charge is 0.330 e. The van der Waals surface area contributed by atoms with Crippen molar-refractivity contribution in [2.75, 3.05) is 27.2 Å². The average Bonchev–Trinajstić information content (AvgIpc) is 2.64. The molecule has 0 aromatic rings. The minimum atomic E-state index is -0.541. The number of hydrogen-bond acceptors (Lipinski definition) is 5. The zero-order valence-corrected chi connectivity index (χ0v) is 19.6. The Hall–Kier alpha value is -0.845. The molecule has 0 bridgehead atoms. The van der Waals surface area contributed by atoms with Crippen LogP contribution < -0.4 is 0 Å². The number of likely N-dealkylation sites (N-methyl/N-ethyl adjacent to an activating group) is 1. The number of allylic oxidation sites excluding steroid dienone is 1. The van der Waals surface area contributed by atoms with Crippen LogP contribution in [0, 0.1) is 28.6 Å². The number of carbonyl (C=O) groups is 1. The van der Waals surface area contributed by atoms with E-state index in [0.29, 0.717) is 19.6 Å². The van der Waals surface area contributed by atoms with Gasteiger partial charge < -0.3 is 19.8 Å². The third-order valence-corrected chi connectivity index (χ3v) is 9.05. The summed E-state index contributed by atoms with van der Waals surface area (Å²) in [5.41, 5.74) is 0.610. The normalized spacial score (nSPS) is 44.4. The van der Waals surface area contributed by atoms with Crippen molar-refractivity contribution in [1.82, 2.24) is 4.90 Å². The molecule has 0 spiro atoms. The SMILES string of the molecule is [B][C@]12CCC(=CC(=O)OCCN(C)C)[C@H](C)[C@@H]1[C@@H](O)C[C@H]1C(C)(C)[C@@H](O)CC[C@@]12C. The summed E-state index contributed by atoms with van der Waals surface area (Å²) in [5, 5.41) is 21.4. The van der Waals surface area contributed by atoms with E-state index in [1.54, 1.807) is 6.08 Å². The van der Waals surface area contributed by atoms with Crippen molar-refractivity contribution in [2.24, 2.45) is 28.6 Å². The van der Waals surface area contributed by atoms with Crippen LogP contribution in [-0.4, -0.2) is 68.4 Å². The summed E-state index contributed by atoms with van der Waals surface area (Å²) in [6.07, 6.45) is 4.49. The van der Waals surface area contributed by atoms with Gasteiger partial charge in [0, 0.05) is 12.6 Å². The Labute approximate surface area is 183 Å². The maximum absolute atomic E-state index is 12.3. The molecule has 0 saturated heterocycles. The minimum absolute atomic E-state index is 0.0212. The molecule has 3 rings (SSSR count). The number of aliphatic hydroxyl groups excluding tert-OH is 2. The quantitative estimate of drug-likeness (QED) is 0.418. The number of fused-ring (bicyclic) bond motifs is 3. The lowest BCUT2D eigenvalue weighted by atomic mass is 9.31. The van der Waals surface area contributed by atoms with Crippen molar-refractivity contribution in [3.8, 4) is 0 Å². The number of ether oxygens (including phenoxy) is 1. The fourth-order valence-corrected chi connectivity index (χ4v) is 7.04. The van der Waals surface area contributed by atoms with Crippen molar-refractivity contribution < 1.29 is 19.7 Å². The number of aliphatic hydroxyl groups is 2. The molecule has 5 nitrogen and oxygen atoms in total. The molecular formula is C24H40BNO4. The molecule has 0 amide bonds. The van der Waals surface area contributed by atoms with Crippen LogP contribution in [0.4, 0.5) is 0 Å². The second kappa shape index (κ2) is 8.25. The van der Waals surface area contributed by atoms with Gasteiger partial charge in [-0.05, 0) is 68.4 Å². The highest BCUT2D eigenvalue weighted by atomic mass is 16.5. The molecule has 2 N–H and O–H groups in total. The van der Waals surface area contributed by atoms with Gasteiger partial charge in [-0.1, -0.05) is 45.0 Å². The van der Waals surface area contributed by atoms with Gasteiger partial charge in [-0.2, -0.15) is 0 Å². The Balaban J connectivity index is 1.84. The van der Waals surface area contributed by atoms with Crippen LogP contribution in [0.5, 0.6) is 0 Å². The van der Waals surface area contributed by atoms with E-state index in [0.717, 1.165) is 31.3 Å². The lowest BCUT2D eigenvalue weighted by Gasteiger charge is -2.69. The number of hydrogen-bond donors (Lipinski definition) is 2. The van der Waals surface area contributed by atoms with E-state index in [4.69, 9.17) is 12.6 Å². The Morgan fingerprint density at radius 3 is 2.57 bits per heavy atom. The van der Waals surface area contributed by atoms with Crippen molar-refractivity contribution in [3.05, 3.63) is 11.6 Å². The monoisotopic (exact) mass is 417 g/mol. The lowest BCUT2D eigenvalue weighted by Crippen LogP contribution is -2.63. The van der Waals surface area contributed by atoms with Crippen LogP contribution in [0.1, 0.15) is 59.8 Å². The molecule has 7 atom stereocenters. The molecule has 2 radical (unpaired) electrons. The van der Waals surface area contributed by atoms with Crippen molar-refractivity contribution in [2.45, 2.75) is 77.3 Å². The summed E-state index contributed by atoms with van der Waals surface area (Å²) in [6, 6.07) is 0. The summed E-state index contributed by atoms with van der Waals surface area (Å²) < 4.78 is 5.36. The highest BCUT2D eigenvalue weighted by Gasteiger charge is 2.65. The van der Waals surface area contributed by atoms with Gasteiger partial charge >= 0.3 is 5.97 Å². The first-order valence-electron chi connectivity index (χ1n) is 11.5. The zero-order chi connectivity index (χ0) is 22.5. The molecule has 0 aromatic heterocycles. The molecule has 0 unspecified atom stereocenters. The highest BCUT2D eigenvalue weighted by molar-refractivity contribution is 6.16. The van der Waals surface area contributed by atoms with Crippen molar-refractivity contribution in [1.29, 1.82) is 0 Å². The summed E-state index contributed by atoms with van der Waals surface area (Å²) in [5.74, 6) is -0.217. The van der Waals surface area contributed by atoms with E-state index >= 15 is 0 Å². The standard InChI is InChI=1S/C24H40BNO4/c1-15-16(13-20(29)30-12-11-26(5)6)7-10-24(25)21(15)17(27)14-18-22(2,3)19(28)8-9-23(18,24)4/h13,15,17-19,21,27-28H,7-12,14H2,1-6H3/t15-,17-,18-,19-,21+,23-,24+/m0/s1. The van der Waals surface area contributed by atoms with Gasteiger partial charge in [0.25, 0.3) is 0 Å². The van der Waals surface area contributed by atoms with Gasteiger partial charge in [0.2, 0.25) is 0 Å². The third kappa shape index (κ3) is 3.77. The van der Waals surface area contributed by atoms with Crippen molar-refractivity contribution in [3.63, 3.8) is 0 Å².